The topological polar surface area (TPSA) is 91.4 Å². The van der Waals surface area contributed by atoms with Crippen molar-refractivity contribution in [3.05, 3.63) is 82.9 Å². The number of rotatable bonds is 11. The molecule has 414 valence electrons. The lowest BCUT2D eigenvalue weighted by molar-refractivity contribution is -0.186. The molecule has 0 radical (unpaired) electrons. The number of esters is 2. The third kappa shape index (κ3) is 15.9. The zero-order valence-electron chi connectivity index (χ0n) is 41.8. The Morgan fingerprint density at radius 3 is 1.37 bits per heavy atom. The van der Waals surface area contributed by atoms with E-state index in [4.69, 9.17) is 18.9 Å². The molecule has 0 bridgehead atoms. The number of carbonyl (C=O) groups excluding carboxylic acids is 3. The summed E-state index contributed by atoms with van der Waals surface area (Å²) in [5, 5.41) is 0.435. The number of piperidine rings is 1. The summed E-state index contributed by atoms with van der Waals surface area (Å²) in [6, 6.07) is 14.2. The molecule has 0 spiro atoms. The fourth-order valence-corrected chi connectivity index (χ4v) is 10.6. The highest BCUT2D eigenvalue weighted by Crippen LogP contribution is 2.46. The molecule has 0 aromatic heterocycles. The summed E-state index contributed by atoms with van der Waals surface area (Å²) in [7, 11) is 0. The summed E-state index contributed by atoms with van der Waals surface area (Å²) >= 11 is 0. The van der Waals surface area contributed by atoms with Gasteiger partial charge in [-0.3, -0.25) is 19.3 Å². The zero-order valence-corrected chi connectivity index (χ0v) is 41.8. The summed E-state index contributed by atoms with van der Waals surface area (Å²) in [6.07, 6.45) is -12.4. The lowest BCUT2D eigenvalue weighted by atomic mass is 9.87. The van der Waals surface area contributed by atoms with Crippen LogP contribution in [0.25, 0.3) is 21.5 Å². The Morgan fingerprint density at radius 1 is 0.520 bits per heavy atom. The van der Waals surface area contributed by atoms with Gasteiger partial charge in [0.25, 0.3) is 0 Å². The highest BCUT2D eigenvalue weighted by Gasteiger charge is 2.45. The minimum absolute atomic E-state index is 0.00730. The van der Waals surface area contributed by atoms with Gasteiger partial charge in [0.1, 0.15) is 22.6 Å². The minimum atomic E-state index is -4.74. The van der Waals surface area contributed by atoms with Crippen LogP contribution in [0.5, 0.6) is 11.5 Å². The maximum absolute atomic E-state index is 14.2. The number of ether oxygens (including phenoxy) is 4. The average Bonchev–Trinajstić information content (AvgIpc) is 3.36. The van der Waals surface area contributed by atoms with Gasteiger partial charge in [0, 0.05) is 12.1 Å². The highest BCUT2D eigenvalue weighted by molar-refractivity contribution is 6.00. The maximum Gasteiger partial charge on any atom is 0.420 e. The van der Waals surface area contributed by atoms with E-state index in [1.807, 2.05) is 6.92 Å². The third-order valence-electron chi connectivity index (χ3n) is 14.6. The summed E-state index contributed by atoms with van der Waals surface area (Å²) in [5.41, 5.74) is -1.06. The van der Waals surface area contributed by atoms with E-state index in [2.05, 4.69) is 4.90 Å². The molecule has 20 heteroatoms. The number of nitrogens with zero attached hydrogens (tertiary/aromatic N) is 1. The zero-order chi connectivity index (χ0) is 54.7. The second-order valence-corrected chi connectivity index (χ2v) is 19.6. The number of aldehydes is 1. The first-order valence-electron chi connectivity index (χ1n) is 25.6. The van der Waals surface area contributed by atoms with Crippen LogP contribution in [0.2, 0.25) is 0 Å². The van der Waals surface area contributed by atoms with E-state index in [0.717, 1.165) is 24.5 Å². The fourth-order valence-electron chi connectivity index (χ4n) is 10.6. The summed E-state index contributed by atoms with van der Waals surface area (Å²) in [5.74, 6) is -3.78. The van der Waals surface area contributed by atoms with Crippen LogP contribution in [0.4, 0.5) is 52.7 Å². The van der Waals surface area contributed by atoms with Crippen molar-refractivity contribution in [2.75, 3.05) is 26.3 Å². The van der Waals surface area contributed by atoms with Crippen LogP contribution in [0, 0.1) is 23.7 Å². The Bertz CT molecular complexity index is 2510. The molecule has 0 atom stereocenters. The van der Waals surface area contributed by atoms with Gasteiger partial charge in [-0.2, -0.15) is 52.7 Å². The lowest BCUT2D eigenvalue weighted by Crippen LogP contribution is -2.36. The molecule has 1 heterocycles. The maximum atomic E-state index is 14.2. The number of hydrogen-bond donors (Lipinski definition) is 0. The van der Waals surface area contributed by atoms with Crippen molar-refractivity contribution in [1.82, 2.24) is 4.90 Å². The van der Waals surface area contributed by atoms with Crippen LogP contribution in [0.3, 0.4) is 0 Å². The molecule has 75 heavy (non-hydrogen) atoms. The largest absolute Gasteiger partial charge is 0.490 e. The van der Waals surface area contributed by atoms with Gasteiger partial charge in [0.2, 0.25) is 0 Å². The van der Waals surface area contributed by atoms with Crippen LogP contribution in [-0.2, 0) is 38.0 Å². The molecule has 0 amide bonds. The van der Waals surface area contributed by atoms with Gasteiger partial charge in [0.05, 0.1) is 49.1 Å². The van der Waals surface area contributed by atoms with Gasteiger partial charge < -0.3 is 18.9 Å². The Kier molecular flexibility index (Phi) is 20.2. The summed E-state index contributed by atoms with van der Waals surface area (Å²) in [4.78, 5) is 36.4. The monoisotopic (exact) mass is 1080 g/mol. The van der Waals surface area contributed by atoms with Crippen molar-refractivity contribution in [2.24, 2.45) is 23.7 Å². The Morgan fingerprint density at radius 2 is 0.947 bits per heavy atom. The van der Waals surface area contributed by atoms with Crippen molar-refractivity contribution in [3.8, 4) is 11.5 Å². The van der Waals surface area contributed by atoms with E-state index < -0.39 is 65.6 Å². The molecular weight excluding hydrogens is 1010 g/mol. The Balaban J connectivity index is 0.000000209. The molecule has 4 aromatic rings. The molecule has 1 saturated heterocycles. The molecule has 3 aliphatic carbocycles. The van der Waals surface area contributed by atoms with Gasteiger partial charge in [-0.05, 0) is 149 Å². The van der Waals surface area contributed by atoms with E-state index in [1.165, 1.54) is 55.7 Å². The average molecular weight is 1080 g/mol. The van der Waals surface area contributed by atoms with Crippen molar-refractivity contribution < 1.29 is 86.0 Å². The summed E-state index contributed by atoms with van der Waals surface area (Å²) < 4.78 is 182. The van der Waals surface area contributed by atoms with Crippen LogP contribution < -0.4 is 9.47 Å². The molecule has 0 N–H and O–H groups in total. The number of likely N-dealkylation sites (tertiary alicyclic amines) is 1. The van der Waals surface area contributed by atoms with E-state index in [9.17, 15) is 67.1 Å². The standard InChI is InChI=1S/C27H31F6NO3.C19H16F6O2.C9H16O2/c1-2-36-25(35)17-12-14-34(15-13-17)16-18-4-3-5-22-21(18)10-11-23(24(22)27(31,32)33)37-20-8-6-19(7-9-20)26(28,29)30;20-18(21,22)12-4-6-13(7-5-12)27-16-9-8-14-11(10-26)2-1-3-15(14)17(16)19(23,24)25;1-2-11-9(10)8-6-4-3-5-7-8/h3-5,10-11,17,19-20H,2,6-9,12-16H2,1H3;1-3,8-10,12-13H,4-7H2;8H,2-7H2,1H3. The van der Waals surface area contributed by atoms with Gasteiger partial charge >= 0.3 is 36.6 Å². The molecular formula is C55H63F12NO7. The van der Waals surface area contributed by atoms with Crippen molar-refractivity contribution in [1.29, 1.82) is 0 Å². The van der Waals surface area contributed by atoms with E-state index >= 15 is 0 Å². The Labute approximate surface area is 427 Å². The molecule has 4 aromatic carbocycles. The summed E-state index contributed by atoms with van der Waals surface area (Å²) in [6.45, 7) is 6.18. The second-order valence-electron chi connectivity index (χ2n) is 19.6. The van der Waals surface area contributed by atoms with E-state index in [0.29, 0.717) is 57.4 Å². The van der Waals surface area contributed by atoms with E-state index in [1.54, 1.807) is 25.1 Å². The van der Waals surface area contributed by atoms with Crippen LogP contribution in [0.15, 0.2) is 60.7 Å². The van der Waals surface area contributed by atoms with Gasteiger partial charge in [-0.25, -0.2) is 0 Å². The number of fused-ring (bicyclic) bond motifs is 2. The van der Waals surface area contributed by atoms with Crippen molar-refractivity contribution >= 4 is 39.8 Å². The van der Waals surface area contributed by atoms with Crippen LogP contribution >= 0.6 is 0 Å². The van der Waals surface area contributed by atoms with Crippen molar-refractivity contribution in [2.45, 2.75) is 154 Å². The molecule has 8 nitrogen and oxygen atoms in total. The number of halogens is 12. The minimum Gasteiger partial charge on any atom is -0.490 e. The smallest absolute Gasteiger partial charge is 0.420 e. The fraction of sp³-hybridized carbons (Fsp3) is 0.582. The van der Waals surface area contributed by atoms with Crippen LogP contribution in [0.1, 0.15) is 137 Å². The van der Waals surface area contributed by atoms with Crippen LogP contribution in [-0.4, -0.2) is 74.0 Å². The first kappa shape index (κ1) is 59.0. The third-order valence-corrected chi connectivity index (χ3v) is 14.6. The number of hydrogen-bond acceptors (Lipinski definition) is 8. The molecule has 4 aliphatic rings. The predicted molar refractivity (Wildman–Crippen MR) is 256 cm³/mol. The first-order chi connectivity index (χ1) is 35.4. The van der Waals surface area contributed by atoms with Crippen molar-refractivity contribution in [3.63, 3.8) is 0 Å². The number of benzene rings is 4. The molecule has 3 saturated carbocycles. The molecule has 0 unspecified atom stereocenters. The molecule has 1 aliphatic heterocycles. The second kappa shape index (κ2) is 25.7. The number of carbonyl (C=O) groups is 3. The molecule has 8 rings (SSSR count). The Hall–Kier alpha value is -5.27. The normalized spacial score (nSPS) is 21.5. The first-order valence-corrected chi connectivity index (χ1v) is 25.6. The van der Waals surface area contributed by atoms with E-state index in [-0.39, 0.29) is 103 Å². The number of alkyl halides is 12. The lowest BCUT2D eigenvalue weighted by Gasteiger charge is -2.32. The van der Waals surface area contributed by atoms with Gasteiger partial charge in [-0.15, -0.1) is 0 Å². The predicted octanol–water partition coefficient (Wildman–Crippen LogP) is 15.4. The quantitative estimate of drug-likeness (QED) is 0.0833. The highest BCUT2D eigenvalue weighted by atomic mass is 19.4. The van der Waals surface area contributed by atoms with Gasteiger partial charge in [-0.1, -0.05) is 61.7 Å². The molecule has 4 fully saturated rings. The van der Waals surface area contributed by atoms with Gasteiger partial charge in [0.15, 0.2) is 6.29 Å². The SMILES string of the molecule is CCOC(=O)C1CCCCC1.CCOC(=O)C1CCN(Cc2cccc3c(C(F)(F)F)c(OC4CCC(C(F)(F)F)CC4)ccc23)CC1.O=Cc1cccc2c(C(F)(F)F)c(OC3CCC(C(F)(F)F)CC3)ccc12.